The molecule has 8 nitrogen and oxygen atoms in total. The predicted molar refractivity (Wildman–Crippen MR) is 166 cm³/mol. The maximum Gasteiger partial charge on any atom is 0.252 e. The highest BCUT2D eigenvalue weighted by Crippen LogP contribution is 2.66. The molecular formula is C37H27N3O5. The summed E-state index contributed by atoms with van der Waals surface area (Å²) in [4.78, 5) is 75.0. The second-order valence-electron chi connectivity index (χ2n) is 12.0. The van der Waals surface area contributed by atoms with Gasteiger partial charge in [0.2, 0.25) is 23.6 Å². The third kappa shape index (κ3) is 3.50. The minimum atomic E-state index is -1.66. The summed E-state index contributed by atoms with van der Waals surface area (Å²) >= 11 is 0. The highest BCUT2D eigenvalue weighted by molar-refractivity contribution is 6.28. The summed E-state index contributed by atoms with van der Waals surface area (Å²) in [5.74, 6) is -6.95. The Balaban J connectivity index is 1.40. The number of nitrogens with one attached hydrogen (secondary N) is 1. The number of para-hydroxylation sites is 2. The van der Waals surface area contributed by atoms with E-state index in [2.05, 4.69) is 5.32 Å². The van der Waals surface area contributed by atoms with Crippen molar-refractivity contribution < 1.29 is 24.0 Å². The first-order valence-corrected chi connectivity index (χ1v) is 14.9. The molecule has 3 aliphatic carbocycles. The van der Waals surface area contributed by atoms with Gasteiger partial charge in [-0.15, -0.1) is 0 Å². The largest absolute Gasteiger partial charge is 0.341 e. The van der Waals surface area contributed by atoms with Gasteiger partial charge in [-0.25, -0.2) is 9.80 Å². The van der Waals surface area contributed by atoms with Crippen molar-refractivity contribution in [2.75, 3.05) is 9.80 Å². The van der Waals surface area contributed by atoms with Crippen LogP contribution in [0.25, 0.3) is 0 Å². The summed E-state index contributed by atoms with van der Waals surface area (Å²) in [6.07, 6.45) is 3.51. The van der Waals surface area contributed by atoms with Crippen LogP contribution in [0.15, 0.2) is 133 Å². The average Bonchev–Trinajstić information content (AvgIpc) is 3.53. The van der Waals surface area contributed by atoms with E-state index in [1.54, 1.807) is 103 Å². The number of hydrogen-bond acceptors (Lipinski definition) is 5. The van der Waals surface area contributed by atoms with E-state index in [9.17, 15) is 24.0 Å². The summed E-state index contributed by atoms with van der Waals surface area (Å²) in [6, 6.07) is 34.9. The van der Waals surface area contributed by atoms with Crippen molar-refractivity contribution in [2.45, 2.75) is 11.0 Å². The van der Waals surface area contributed by atoms with Crippen molar-refractivity contribution in [3.05, 3.63) is 145 Å². The minimum Gasteiger partial charge on any atom is -0.341 e. The lowest BCUT2D eigenvalue weighted by molar-refractivity contribution is -0.143. The molecule has 2 unspecified atom stereocenters. The lowest BCUT2D eigenvalue weighted by Crippen LogP contribution is -2.73. The Labute approximate surface area is 259 Å². The van der Waals surface area contributed by atoms with Gasteiger partial charge in [0, 0.05) is 11.0 Å². The Morgan fingerprint density at radius 2 is 0.911 bits per heavy atom. The number of allylic oxidation sites excluding steroid dienone is 1. The Hall–Kier alpha value is -5.63. The van der Waals surface area contributed by atoms with Gasteiger partial charge in [0.15, 0.2) is 0 Å². The maximum absolute atomic E-state index is 14.7. The van der Waals surface area contributed by atoms with Crippen molar-refractivity contribution in [1.82, 2.24) is 5.32 Å². The first-order valence-electron chi connectivity index (χ1n) is 14.9. The van der Waals surface area contributed by atoms with Gasteiger partial charge in [0.05, 0.1) is 40.6 Å². The molecule has 2 saturated heterocycles. The number of carbonyl (C=O) groups is 5. The zero-order valence-corrected chi connectivity index (χ0v) is 23.9. The van der Waals surface area contributed by atoms with Crippen LogP contribution in [-0.4, -0.2) is 35.1 Å². The Morgan fingerprint density at radius 1 is 0.511 bits per heavy atom. The van der Waals surface area contributed by atoms with Gasteiger partial charge in [-0.2, -0.15) is 0 Å². The molecule has 0 spiro atoms. The SMILES string of the molecule is O=C(NC12C=CC(c3ccccc3)([C@@H]3C(=O)N(c4ccccc4)C(=O)[C@@H]31)[C@H]1C(=O)N(c3ccccc3)C(=O)[C@H]12)c1ccccc1. The minimum absolute atomic E-state index is 0.326. The Bertz CT molecular complexity index is 1830. The molecule has 0 aromatic heterocycles. The van der Waals surface area contributed by atoms with Crippen molar-refractivity contribution >= 4 is 40.9 Å². The van der Waals surface area contributed by atoms with E-state index in [1.807, 2.05) is 30.3 Å². The Kier molecular flexibility index (Phi) is 5.80. The molecule has 8 heteroatoms. The molecule has 2 aliphatic heterocycles. The molecule has 2 bridgehead atoms. The molecule has 1 N–H and O–H groups in total. The second kappa shape index (κ2) is 9.69. The fourth-order valence-corrected chi connectivity index (χ4v) is 8.24. The van der Waals surface area contributed by atoms with Gasteiger partial charge in [-0.1, -0.05) is 97.1 Å². The number of carbonyl (C=O) groups excluding carboxylic acids is 5. The molecule has 5 aliphatic rings. The second-order valence-corrected chi connectivity index (χ2v) is 12.0. The normalized spacial score (nSPS) is 29.6. The molecule has 6 atom stereocenters. The van der Waals surface area contributed by atoms with Crippen molar-refractivity contribution in [2.24, 2.45) is 23.7 Å². The number of imide groups is 2. The summed E-state index contributed by atoms with van der Waals surface area (Å²) in [5, 5.41) is 3.07. The smallest absolute Gasteiger partial charge is 0.252 e. The van der Waals surface area contributed by atoms with Gasteiger partial charge in [-0.05, 0) is 42.0 Å². The molecule has 4 aromatic carbocycles. The molecule has 5 amide bonds. The van der Waals surface area contributed by atoms with E-state index in [0.717, 1.165) is 9.80 Å². The molecule has 3 fully saturated rings. The van der Waals surface area contributed by atoms with Crippen LogP contribution in [0.3, 0.4) is 0 Å². The van der Waals surface area contributed by atoms with Gasteiger partial charge in [0.1, 0.15) is 0 Å². The third-order valence-corrected chi connectivity index (χ3v) is 9.97. The predicted octanol–water partition coefficient (Wildman–Crippen LogP) is 4.29. The van der Waals surface area contributed by atoms with Crippen molar-refractivity contribution in [3.8, 4) is 0 Å². The van der Waals surface area contributed by atoms with Gasteiger partial charge in [-0.3, -0.25) is 24.0 Å². The molecule has 0 radical (unpaired) electrons. The molecule has 220 valence electrons. The molecule has 1 saturated carbocycles. The van der Waals surface area contributed by atoms with Crippen LogP contribution in [0, 0.1) is 23.7 Å². The molecule has 45 heavy (non-hydrogen) atoms. The van der Waals surface area contributed by atoms with Gasteiger partial charge < -0.3 is 5.32 Å². The van der Waals surface area contributed by atoms with Crippen LogP contribution in [-0.2, 0) is 24.6 Å². The lowest BCUT2D eigenvalue weighted by Gasteiger charge is -2.59. The van der Waals surface area contributed by atoms with E-state index in [1.165, 1.54) is 0 Å². The van der Waals surface area contributed by atoms with E-state index >= 15 is 0 Å². The molecule has 9 rings (SSSR count). The third-order valence-electron chi connectivity index (χ3n) is 9.97. The van der Waals surface area contributed by atoms with E-state index in [4.69, 9.17) is 0 Å². The fraction of sp³-hybridized carbons (Fsp3) is 0.162. The maximum atomic E-state index is 14.7. The topological polar surface area (TPSA) is 104 Å². The quantitative estimate of drug-likeness (QED) is 0.275. The van der Waals surface area contributed by atoms with Crippen LogP contribution in [0.4, 0.5) is 11.4 Å². The lowest BCUT2D eigenvalue weighted by atomic mass is 9.42. The standard InChI is InChI=1S/C37H27N3O5/c41-31(23-13-5-1-6-14-23)38-37-22-21-36(24-15-7-2-8-16-24,27-29(37)34(44)39(32(27)42)25-17-9-3-10-18-25)28-30(37)35(45)40(33(28)43)26-19-11-4-12-20-26/h1-22,27-30H,(H,38,41)/t27-,28+,29+,30-,36?,37?. The molecule has 4 aromatic rings. The van der Waals surface area contributed by atoms with Crippen molar-refractivity contribution in [3.63, 3.8) is 0 Å². The summed E-state index contributed by atoms with van der Waals surface area (Å²) < 4.78 is 0. The zero-order chi connectivity index (χ0) is 30.9. The van der Waals surface area contributed by atoms with Crippen LogP contribution in [0.5, 0.6) is 0 Å². The summed E-state index contributed by atoms with van der Waals surface area (Å²) in [7, 11) is 0. The van der Waals surface area contributed by atoms with E-state index in [-0.39, 0.29) is 0 Å². The molecular weight excluding hydrogens is 566 g/mol. The summed E-state index contributed by atoms with van der Waals surface area (Å²) in [6.45, 7) is 0. The number of hydrogen-bond donors (Lipinski definition) is 1. The van der Waals surface area contributed by atoms with E-state index in [0.29, 0.717) is 22.5 Å². The van der Waals surface area contributed by atoms with Crippen LogP contribution in [0.1, 0.15) is 15.9 Å². The summed E-state index contributed by atoms with van der Waals surface area (Å²) in [5.41, 5.74) is -1.23. The van der Waals surface area contributed by atoms with Crippen LogP contribution in [0.2, 0.25) is 0 Å². The number of anilines is 2. The molecule has 2 heterocycles. The number of amides is 5. The first-order chi connectivity index (χ1) is 21.9. The number of nitrogens with zero attached hydrogens (tertiary/aromatic N) is 2. The highest BCUT2D eigenvalue weighted by atomic mass is 16.2. The van der Waals surface area contributed by atoms with Crippen molar-refractivity contribution in [1.29, 1.82) is 0 Å². The van der Waals surface area contributed by atoms with Gasteiger partial charge in [0.25, 0.3) is 5.91 Å². The fourth-order valence-electron chi connectivity index (χ4n) is 8.24. The monoisotopic (exact) mass is 593 g/mol. The average molecular weight is 594 g/mol. The Morgan fingerprint density at radius 3 is 1.38 bits per heavy atom. The number of rotatable bonds is 5. The zero-order valence-electron chi connectivity index (χ0n) is 23.9. The van der Waals surface area contributed by atoms with E-state index < -0.39 is 64.2 Å². The highest BCUT2D eigenvalue weighted by Gasteiger charge is 2.80. The van der Waals surface area contributed by atoms with Gasteiger partial charge >= 0.3 is 0 Å². The van der Waals surface area contributed by atoms with Crippen LogP contribution >= 0.6 is 0 Å². The number of benzene rings is 4. The van der Waals surface area contributed by atoms with Crippen LogP contribution < -0.4 is 15.1 Å². The first kappa shape index (κ1) is 27.0.